The molecule has 0 atom stereocenters. The number of hydrogen-bond acceptors (Lipinski definition) is 6. The number of benzene rings is 2. The van der Waals surface area contributed by atoms with Gasteiger partial charge in [0.05, 0.1) is 17.9 Å². The van der Waals surface area contributed by atoms with Crippen molar-refractivity contribution in [1.29, 1.82) is 0 Å². The summed E-state index contributed by atoms with van der Waals surface area (Å²) in [6, 6.07) is 16.8. The third-order valence-corrected chi connectivity index (χ3v) is 6.58. The summed E-state index contributed by atoms with van der Waals surface area (Å²) in [5.41, 5.74) is 2.09. The summed E-state index contributed by atoms with van der Waals surface area (Å²) in [5.74, 6) is 1.06. The number of nitrogens with zero attached hydrogens (tertiary/aromatic N) is 3. The minimum atomic E-state index is -0.375. The third-order valence-electron chi connectivity index (χ3n) is 5.66. The minimum absolute atomic E-state index is 0.147. The highest BCUT2D eigenvalue weighted by molar-refractivity contribution is 7.99. The standard InChI is InChI=1S/C25H28N4O3S/c1-2-32-24(31)19-13-15-20(16-14-19)26-22(30)17-33-25-28-27-23(18-9-5-3-6-10-18)29(25)21-11-7-4-8-12-21/h4,7-8,11-16,18H,2-3,5-6,9-10,17H2,1H3,(H,26,30). The van der Waals surface area contributed by atoms with Gasteiger partial charge in [0, 0.05) is 17.3 Å². The molecule has 0 spiro atoms. The monoisotopic (exact) mass is 464 g/mol. The molecule has 1 fully saturated rings. The lowest BCUT2D eigenvalue weighted by Gasteiger charge is -2.22. The Morgan fingerprint density at radius 1 is 1.03 bits per heavy atom. The van der Waals surface area contributed by atoms with Crippen molar-refractivity contribution >= 4 is 29.3 Å². The van der Waals surface area contributed by atoms with Crippen LogP contribution in [-0.4, -0.2) is 39.0 Å². The van der Waals surface area contributed by atoms with Crippen LogP contribution in [0.15, 0.2) is 59.8 Å². The van der Waals surface area contributed by atoms with Gasteiger partial charge in [-0.2, -0.15) is 0 Å². The maximum absolute atomic E-state index is 12.6. The molecule has 1 amide bonds. The Labute approximate surface area is 197 Å². The average molecular weight is 465 g/mol. The van der Waals surface area contributed by atoms with Crippen LogP contribution in [0, 0.1) is 0 Å². The number of ether oxygens (including phenoxy) is 1. The van der Waals surface area contributed by atoms with Crippen LogP contribution in [0.25, 0.3) is 5.69 Å². The number of aromatic nitrogens is 3. The van der Waals surface area contributed by atoms with Gasteiger partial charge in [0.15, 0.2) is 5.16 Å². The van der Waals surface area contributed by atoms with Gasteiger partial charge in [0.25, 0.3) is 0 Å². The van der Waals surface area contributed by atoms with Gasteiger partial charge in [-0.3, -0.25) is 9.36 Å². The SMILES string of the molecule is CCOC(=O)c1ccc(NC(=O)CSc2nnc(C3CCCCC3)n2-c2ccccc2)cc1. The summed E-state index contributed by atoms with van der Waals surface area (Å²) in [6.45, 7) is 2.09. The lowest BCUT2D eigenvalue weighted by Crippen LogP contribution is -2.15. The molecular weight excluding hydrogens is 436 g/mol. The van der Waals surface area contributed by atoms with E-state index in [1.807, 2.05) is 30.3 Å². The van der Waals surface area contributed by atoms with Crippen LogP contribution in [-0.2, 0) is 9.53 Å². The molecule has 0 saturated heterocycles. The average Bonchev–Trinajstić information content (AvgIpc) is 3.28. The first kappa shape index (κ1) is 23.0. The van der Waals surface area contributed by atoms with E-state index >= 15 is 0 Å². The molecule has 0 aliphatic heterocycles. The highest BCUT2D eigenvalue weighted by Gasteiger charge is 2.24. The van der Waals surface area contributed by atoms with E-state index in [0.717, 1.165) is 29.5 Å². The molecule has 8 heteroatoms. The van der Waals surface area contributed by atoms with Gasteiger partial charge in [0.2, 0.25) is 5.91 Å². The molecule has 1 aromatic heterocycles. The van der Waals surface area contributed by atoms with Crippen LogP contribution in [0.4, 0.5) is 5.69 Å². The first-order valence-corrected chi connectivity index (χ1v) is 12.3. The van der Waals surface area contributed by atoms with Gasteiger partial charge in [-0.05, 0) is 56.2 Å². The molecule has 0 bridgehead atoms. The molecule has 4 rings (SSSR count). The van der Waals surface area contributed by atoms with Gasteiger partial charge in [-0.1, -0.05) is 49.2 Å². The van der Waals surface area contributed by atoms with Crippen molar-refractivity contribution in [2.24, 2.45) is 0 Å². The van der Waals surface area contributed by atoms with Crippen LogP contribution in [0.2, 0.25) is 0 Å². The summed E-state index contributed by atoms with van der Waals surface area (Å²) in [5, 5.41) is 12.6. The van der Waals surface area contributed by atoms with Crippen LogP contribution < -0.4 is 5.32 Å². The summed E-state index contributed by atoms with van der Waals surface area (Å²) in [4.78, 5) is 24.4. The van der Waals surface area contributed by atoms with Gasteiger partial charge < -0.3 is 10.1 Å². The largest absolute Gasteiger partial charge is 0.462 e. The van der Waals surface area contributed by atoms with E-state index in [1.165, 1.54) is 31.0 Å². The van der Waals surface area contributed by atoms with E-state index in [4.69, 9.17) is 4.74 Å². The maximum atomic E-state index is 12.6. The number of anilines is 1. The first-order chi connectivity index (χ1) is 16.2. The second kappa shape index (κ2) is 11.1. The molecule has 1 aliphatic rings. The number of hydrogen-bond donors (Lipinski definition) is 1. The second-order valence-corrected chi connectivity index (χ2v) is 8.92. The zero-order chi connectivity index (χ0) is 23.0. The molecule has 0 unspecified atom stereocenters. The van der Waals surface area contributed by atoms with E-state index < -0.39 is 0 Å². The van der Waals surface area contributed by atoms with Crippen molar-refractivity contribution in [2.75, 3.05) is 17.7 Å². The molecule has 3 aromatic rings. The van der Waals surface area contributed by atoms with E-state index in [2.05, 4.69) is 20.1 Å². The van der Waals surface area contributed by atoms with Gasteiger partial charge in [-0.15, -0.1) is 10.2 Å². The second-order valence-electron chi connectivity index (χ2n) is 7.98. The van der Waals surface area contributed by atoms with Crippen molar-refractivity contribution in [2.45, 2.75) is 50.1 Å². The fraction of sp³-hybridized carbons (Fsp3) is 0.360. The normalized spacial score (nSPS) is 14.1. The smallest absolute Gasteiger partial charge is 0.338 e. The zero-order valence-corrected chi connectivity index (χ0v) is 19.5. The highest BCUT2D eigenvalue weighted by Crippen LogP contribution is 2.34. The van der Waals surface area contributed by atoms with Crippen LogP contribution in [0.1, 0.15) is 61.1 Å². The molecule has 7 nitrogen and oxygen atoms in total. The predicted octanol–water partition coefficient (Wildman–Crippen LogP) is 5.22. The van der Waals surface area contributed by atoms with Gasteiger partial charge >= 0.3 is 5.97 Å². The molecule has 1 aliphatic carbocycles. The van der Waals surface area contributed by atoms with Crippen molar-refractivity contribution in [1.82, 2.24) is 14.8 Å². The number of rotatable bonds is 8. The number of nitrogens with one attached hydrogen (secondary N) is 1. The lowest BCUT2D eigenvalue weighted by molar-refractivity contribution is -0.113. The van der Waals surface area contributed by atoms with E-state index in [-0.39, 0.29) is 17.6 Å². The molecule has 33 heavy (non-hydrogen) atoms. The number of carbonyl (C=O) groups excluding carboxylic acids is 2. The number of para-hydroxylation sites is 1. The maximum Gasteiger partial charge on any atom is 0.338 e. The number of esters is 1. The molecule has 1 saturated carbocycles. The van der Waals surface area contributed by atoms with Crippen molar-refractivity contribution < 1.29 is 14.3 Å². The number of amides is 1. The summed E-state index contributed by atoms with van der Waals surface area (Å²) in [6.07, 6.45) is 5.95. The number of thioether (sulfide) groups is 1. The summed E-state index contributed by atoms with van der Waals surface area (Å²) in [7, 11) is 0. The Kier molecular flexibility index (Phi) is 7.78. The van der Waals surface area contributed by atoms with Crippen molar-refractivity contribution in [3.63, 3.8) is 0 Å². The van der Waals surface area contributed by atoms with Crippen molar-refractivity contribution in [3.8, 4) is 5.69 Å². The quantitative estimate of drug-likeness (QED) is 0.363. The fourth-order valence-corrected chi connectivity index (χ4v) is 4.81. The first-order valence-electron chi connectivity index (χ1n) is 11.4. The Morgan fingerprint density at radius 2 is 1.76 bits per heavy atom. The van der Waals surface area contributed by atoms with Crippen LogP contribution in [0.3, 0.4) is 0 Å². The molecule has 0 radical (unpaired) electrons. The number of carbonyl (C=O) groups is 2. The Hall–Kier alpha value is -3.13. The highest BCUT2D eigenvalue weighted by atomic mass is 32.2. The Balaban J connectivity index is 1.44. The summed E-state index contributed by atoms with van der Waals surface area (Å²) < 4.78 is 7.08. The third kappa shape index (κ3) is 5.82. The summed E-state index contributed by atoms with van der Waals surface area (Å²) >= 11 is 1.37. The molecule has 1 N–H and O–H groups in total. The Bertz CT molecular complexity index is 1080. The molecule has 172 valence electrons. The van der Waals surface area contributed by atoms with Gasteiger partial charge in [-0.25, -0.2) is 4.79 Å². The molecule has 2 aromatic carbocycles. The van der Waals surface area contributed by atoms with Crippen molar-refractivity contribution in [3.05, 3.63) is 66.0 Å². The van der Waals surface area contributed by atoms with E-state index in [1.54, 1.807) is 31.2 Å². The van der Waals surface area contributed by atoms with E-state index in [0.29, 0.717) is 23.8 Å². The Morgan fingerprint density at radius 3 is 2.45 bits per heavy atom. The molecule has 1 heterocycles. The fourth-order valence-electron chi connectivity index (χ4n) is 4.05. The van der Waals surface area contributed by atoms with Crippen LogP contribution >= 0.6 is 11.8 Å². The van der Waals surface area contributed by atoms with Gasteiger partial charge in [0.1, 0.15) is 5.82 Å². The topological polar surface area (TPSA) is 86.1 Å². The minimum Gasteiger partial charge on any atom is -0.462 e. The van der Waals surface area contributed by atoms with Crippen LogP contribution in [0.5, 0.6) is 0 Å². The lowest BCUT2D eigenvalue weighted by atomic mass is 9.88. The molecular formula is C25H28N4O3S. The zero-order valence-electron chi connectivity index (χ0n) is 18.7. The predicted molar refractivity (Wildman–Crippen MR) is 129 cm³/mol. The van der Waals surface area contributed by atoms with E-state index in [9.17, 15) is 9.59 Å².